The lowest BCUT2D eigenvalue weighted by atomic mass is 10.1. The van der Waals surface area contributed by atoms with Crippen molar-refractivity contribution in [1.82, 2.24) is 15.5 Å². The van der Waals surface area contributed by atoms with Gasteiger partial charge in [-0.3, -0.25) is 9.89 Å². The van der Waals surface area contributed by atoms with Gasteiger partial charge in [-0.2, -0.15) is 5.10 Å². The Labute approximate surface area is 117 Å². The number of carboxylic acid groups (broad SMARTS) is 1. The smallest absolute Gasteiger partial charge is 0.326 e. The monoisotopic (exact) mass is 283 g/mol. The second kappa shape index (κ2) is 7.64. The molecule has 112 valence electrons. The van der Waals surface area contributed by atoms with Gasteiger partial charge in [-0.15, -0.1) is 0 Å². The van der Waals surface area contributed by atoms with Gasteiger partial charge in [0.1, 0.15) is 6.04 Å². The fraction of sp³-hybridized carbons (Fsp3) is 0.615. The number of aryl methyl sites for hydroxylation is 2. The summed E-state index contributed by atoms with van der Waals surface area (Å²) >= 11 is 0. The number of carbonyl (C=O) groups is 2. The molecule has 0 aliphatic rings. The first-order valence-corrected chi connectivity index (χ1v) is 6.47. The van der Waals surface area contributed by atoms with Crippen molar-refractivity contribution in [3.8, 4) is 0 Å². The molecule has 3 N–H and O–H groups in total. The van der Waals surface area contributed by atoms with E-state index in [0.29, 0.717) is 19.4 Å². The number of hydrogen-bond donors (Lipinski definition) is 3. The van der Waals surface area contributed by atoms with Gasteiger partial charge >= 0.3 is 5.97 Å². The highest BCUT2D eigenvalue weighted by Gasteiger charge is 2.20. The molecule has 0 aliphatic heterocycles. The number of aromatic nitrogens is 2. The quantitative estimate of drug-likeness (QED) is 0.605. The zero-order chi connectivity index (χ0) is 15.1. The number of aliphatic carboxylic acids is 1. The van der Waals surface area contributed by atoms with Crippen molar-refractivity contribution >= 4 is 11.9 Å². The van der Waals surface area contributed by atoms with E-state index in [9.17, 15) is 9.59 Å². The van der Waals surface area contributed by atoms with Gasteiger partial charge in [0, 0.05) is 25.0 Å². The molecule has 0 aliphatic carbocycles. The lowest BCUT2D eigenvalue weighted by Gasteiger charge is -2.14. The summed E-state index contributed by atoms with van der Waals surface area (Å²) in [6.07, 6.45) is 1.05. The van der Waals surface area contributed by atoms with Gasteiger partial charge in [0.2, 0.25) is 5.91 Å². The molecular formula is C13H21N3O4. The van der Waals surface area contributed by atoms with Gasteiger partial charge in [-0.1, -0.05) is 0 Å². The molecule has 1 atom stereocenters. The van der Waals surface area contributed by atoms with Crippen LogP contribution in [0.5, 0.6) is 0 Å². The van der Waals surface area contributed by atoms with Crippen LogP contribution in [0.25, 0.3) is 0 Å². The molecule has 1 unspecified atom stereocenters. The topological polar surface area (TPSA) is 104 Å². The fourth-order valence-corrected chi connectivity index (χ4v) is 1.93. The van der Waals surface area contributed by atoms with Crippen molar-refractivity contribution in [2.24, 2.45) is 0 Å². The number of carbonyl (C=O) groups excluding carboxylic acids is 1. The van der Waals surface area contributed by atoms with E-state index < -0.39 is 12.0 Å². The first kappa shape index (κ1) is 16.2. The maximum absolute atomic E-state index is 11.9. The molecule has 0 aromatic carbocycles. The van der Waals surface area contributed by atoms with Crippen molar-refractivity contribution in [1.29, 1.82) is 0 Å². The normalized spacial score (nSPS) is 12.2. The van der Waals surface area contributed by atoms with Crippen molar-refractivity contribution in [3.63, 3.8) is 0 Å². The van der Waals surface area contributed by atoms with Crippen LogP contribution in [-0.2, 0) is 20.7 Å². The summed E-state index contributed by atoms with van der Waals surface area (Å²) in [5, 5.41) is 18.4. The highest BCUT2D eigenvalue weighted by Crippen LogP contribution is 2.10. The van der Waals surface area contributed by atoms with E-state index in [1.54, 1.807) is 14.0 Å². The number of aromatic amines is 1. The van der Waals surface area contributed by atoms with Gasteiger partial charge in [-0.05, 0) is 26.7 Å². The lowest BCUT2D eigenvalue weighted by Crippen LogP contribution is -2.41. The zero-order valence-electron chi connectivity index (χ0n) is 12.0. The van der Waals surface area contributed by atoms with E-state index in [0.717, 1.165) is 17.0 Å². The number of H-pyrrole nitrogens is 1. The number of ether oxygens (including phenoxy) is 1. The van der Waals surface area contributed by atoms with E-state index in [2.05, 4.69) is 15.5 Å². The molecule has 0 bridgehead atoms. The average Bonchev–Trinajstić information content (AvgIpc) is 2.69. The van der Waals surface area contributed by atoms with Crippen LogP contribution in [0, 0.1) is 13.8 Å². The van der Waals surface area contributed by atoms with Crippen LogP contribution in [-0.4, -0.2) is 46.9 Å². The summed E-state index contributed by atoms with van der Waals surface area (Å²) in [7, 11) is 1.55. The van der Waals surface area contributed by atoms with Crippen molar-refractivity contribution in [3.05, 3.63) is 17.0 Å². The molecule has 0 fully saturated rings. The van der Waals surface area contributed by atoms with Gasteiger partial charge in [0.15, 0.2) is 0 Å². The fourth-order valence-electron chi connectivity index (χ4n) is 1.93. The highest BCUT2D eigenvalue weighted by atomic mass is 16.5. The Morgan fingerprint density at radius 1 is 1.45 bits per heavy atom. The van der Waals surface area contributed by atoms with Gasteiger partial charge in [0.25, 0.3) is 0 Å². The Morgan fingerprint density at radius 2 is 2.15 bits per heavy atom. The van der Waals surface area contributed by atoms with E-state index >= 15 is 0 Å². The van der Waals surface area contributed by atoms with Crippen LogP contribution in [0.1, 0.15) is 29.8 Å². The van der Waals surface area contributed by atoms with Gasteiger partial charge in [-0.25, -0.2) is 4.79 Å². The van der Waals surface area contributed by atoms with Gasteiger partial charge < -0.3 is 15.2 Å². The lowest BCUT2D eigenvalue weighted by molar-refractivity contribution is -0.142. The molecule has 7 heteroatoms. The zero-order valence-corrected chi connectivity index (χ0v) is 12.0. The standard InChI is InChI=1S/C13H21N3O4/c1-8-10(9(2)16-15-8)7-12(17)14-11(13(18)19)5-4-6-20-3/h11H,4-7H2,1-3H3,(H,14,17)(H,15,16)(H,18,19). The first-order valence-electron chi connectivity index (χ1n) is 6.47. The maximum atomic E-state index is 11.9. The molecule has 0 saturated carbocycles. The Kier molecular flexibility index (Phi) is 6.17. The minimum absolute atomic E-state index is 0.127. The number of carboxylic acids is 1. The molecule has 0 spiro atoms. The van der Waals surface area contributed by atoms with E-state index in [1.807, 2.05) is 6.92 Å². The predicted octanol–water partition coefficient (Wildman–Crippen LogP) is 0.565. The summed E-state index contributed by atoms with van der Waals surface area (Å²) in [6, 6.07) is -0.884. The number of nitrogens with zero attached hydrogens (tertiary/aromatic N) is 1. The molecule has 1 aromatic heterocycles. The maximum Gasteiger partial charge on any atom is 0.326 e. The predicted molar refractivity (Wildman–Crippen MR) is 72.4 cm³/mol. The summed E-state index contributed by atoms with van der Waals surface area (Å²) in [4.78, 5) is 23.0. The number of rotatable bonds is 8. The second-order valence-electron chi connectivity index (χ2n) is 4.68. The summed E-state index contributed by atoms with van der Waals surface area (Å²) in [5.74, 6) is -1.35. The second-order valence-corrected chi connectivity index (χ2v) is 4.68. The van der Waals surface area contributed by atoms with Gasteiger partial charge in [0.05, 0.1) is 12.1 Å². The third-order valence-electron chi connectivity index (χ3n) is 3.09. The third kappa shape index (κ3) is 4.65. The molecule has 1 heterocycles. The number of methoxy groups -OCH3 is 1. The van der Waals surface area contributed by atoms with Crippen LogP contribution < -0.4 is 5.32 Å². The van der Waals surface area contributed by atoms with Crippen LogP contribution in [0.4, 0.5) is 0 Å². The number of hydrogen-bond acceptors (Lipinski definition) is 4. The van der Waals surface area contributed by atoms with Crippen LogP contribution >= 0.6 is 0 Å². The minimum Gasteiger partial charge on any atom is -0.480 e. The Morgan fingerprint density at radius 3 is 2.65 bits per heavy atom. The molecular weight excluding hydrogens is 262 g/mol. The van der Waals surface area contributed by atoms with E-state index in [4.69, 9.17) is 9.84 Å². The van der Waals surface area contributed by atoms with Crippen LogP contribution in [0.15, 0.2) is 0 Å². The van der Waals surface area contributed by atoms with E-state index in [-0.39, 0.29) is 12.3 Å². The molecule has 20 heavy (non-hydrogen) atoms. The number of amides is 1. The third-order valence-corrected chi connectivity index (χ3v) is 3.09. The molecule has 1 amide bonds. The highest BCUT2D eigenvalue weighted by molar-refractivity contribution is 5.85. The molecule has 0 radical (unpaired) electrons. The molecule has 1 rings (SSSR count). The summed E-state index contributed by atoms with van der Waals surface area (Å²) in [6.45, 7) is 4.11. The average molecular weight is 283 g/mol. The van der Waals surface area contributed by atoms with E-state index in [1.165, 1.54) is 0 Å². The van der Waals surface area contributed by atoms with Crippen LogP contribution in [0.3, 0.4) is 0 Å². The number of nitrogens with one attached hydrogen (secondary N) is 2. The Balaban J connectivity index is 2.56. The van der Waals surface area contributed by atoms with Crippen molar-refractivity contribution in [2.75, 3.05) is 13.7 Å². The van der Waals surface area contributed by atoms with Crippen molar-refractivity contribution < 1.29 is 19.4 Å². The molecule has 0 saturated heterocycles. The minimum atomic E-state index is -1.03. The first-order chi connectivity index (χ1) is 9.45. The Hall–Kier alpha value is -1.89. The summed E-state index contributed by atoms with van der Waals surface area (Å²) < 4.78 is 4.88. The van der Waals surface area contributed by atoms with Crippen molar-refractivity contribution in [2.45, 2.75) is 39.2 Å². The largest absolute Gasteiger partial charge is 0.480 e. The summed E-state index contributed by atoms with van der Waals surface area (Å²) in [5.41, 5.74) is 2.39. The molecule has 1 aromatic rings. The SMILES string of the molecule is COCCCC(NC(=O)Cc1c(C)n[nH]c1C)C(=O)O. The Bertz CT molecular complexity index is 451. The molecule has 7 nitrogen and oxygen atoms in total. The van der Waals surface area contributed by atoms with Crippen LogP contribution in [0.2, 0.25) is 0 Å².